The van der Waals surface area contributed by atoms with Gasteiger partial charge in [-0.1, -0.05) is 24.6 Å². The van der Waals surface area contributed by atoms with Crippen LogP contribution < -0.4 is 4.74 Å². The largest absolute Gasteiger partial charge is 0.490 e. The SMILES string of the molecule is CCc1nc(C)ccc1C(=O)/C=C/C1CCC(Oc2ccc(C#N)c(Cl)c2)CC1. The van der Waals surface area contributed by atoms with Gasteiger partial charge in [0.05, 0.1) is 22.4 Å². The van der Waals surface area contributed by atoms with E-state index >= 15 is 0 Å². The smallest absolute Gasteiger partial charge is 0.187 e. The van der Waals surface area contributed by atoms with Crippen LogP contribution in [0.1, 0.15) is 59.9 Å². The second-order valence-electron chi connectivity index (χ2n) is 7.43. The molecule has 3 rings (SSSR count). The Balaban J connectivity index is 1.54. The van der Waals surface area contributed by atoms with Crippen LogP contribution in [-0.2, 0) is 6.42 Å². The summed E-state index contributed by atoms with van der Waals surface area (Å²) in [7, 11) is 0. The van der Waals surface area contributed by atoms with Crippen LogP contribution in [0.5, 0.6) is 5.75 Å². The van der Waals surface area contributed by atoms with Gasteiger partial charge in [-0.2, -0.15) is 5.26 Å². The van der Waals surface area contributed by atoms with E-state index in [4.69, 9.17) is 21.6 Å². The number of nitriles is 1. The predicted molar refractivity (Wildman–Crippen MR) is 114 cm³/mol. The van der Waals surface area contributed by atoms with E-state index in [2.05, 4.69) is 11.1 Å². The number of ketones is 1. The summed E-state index contributed by atoms with van der Waals surface area (Å²) in [5.74, 6) is 1.11. The average Bonchev–Trinajstić information content (AvgIpc) is 2.73. The number of carbonyl (C=O) groups excluding carboxylic acids is 1. The van der Waals surface area contributed by atoms with Crippen molar-refractivity contribution in [3.05, 3.63) is 70.0 Å². The minimum atomic E-state index is 0.0277. The number of benzene rings is 1. The van der Waals surface area contributed by atoms with Crippen molar-refractivity contribution in [3.8, 4) is 11.8 Å². The van der Waals surface area contributed by atoms with Gasteiger partial charge in [-0.05, 0) is 75.3 Å². The maximum Gasteiger partial charge on any atom is 0.187 e. The number of ether oxygens (including phenoxy) is 1. The number of carbonyl (C=O) groups is 1. The Kier molecular flexibility index (Phi) is 7.06. The van der Waals surface area contributed by atoms with E-state index in [0.29, 0.717) is 27.8 Å². The Morgan fingerprint density at radius 3 is 2.69 bits per heavy atom. The number of aryl methyl sites for hydroxylation is 2. The molecule has 0 bridgehead atoms. The van der Waals surface area contributed by atoms with Crippen LogP contribution >= 0.6 is 11.6 Å². The van der Waals surface area contributed by atoms with Gasteiger partial charge in [0.25, 0.3) is 0 Å². The minimum Gasteiger partial charge on any atom is -0.490 e. The zero-order valence-electron chi connectivity index (χ0n) is 16.8. The molecule has 0 saturated heterocycles. The third kappa shape index (κ3) is 5.46. The highest BCUT2D eigenvalue weighted by Gasteiger charge is 2.21. The number of nitrogens with zero attached hydrogens (tertiary/aromatic N) is 2. The van der Waals surface area contributed by atoms with Gasteiger partial charge >= 0.3 is 0 Å². The average molecular weight is 409 g/mol. The van der Waals surface area contributed by atoms with Gasteiger partial charge < -0.3 is 4.74 Å². The molecule has 0 aliphatic heterocycles. The Hall–Kier alpha value is -2.64. The number of rotatable bonds is 6. The molecule has 1 aliphatic carbocycles. The van der Waals surface area contributed by atoms with E-state index in [-0.39, 0.29) is 11.9 Å². The maximum absolute atomic E-state index is 12.6. The van der Waals surface area contributed by atoms with Crippen molar-refractivity contribution in [2.45, 2.75) is 52.1 Å². The molecule has 2 aromatic rings. The van der Waals surface area contributed by atoms with Gasteiger partial charge in [0, 0.05) is 17.3 Å². The molecular weight excluding hydrogens is 384 g/mol. The van der Waals surface area contributed by atoms with Crippen LogP contribution in [0.3, 0.4) is 0 Å². The van der Waals surface area contributed by atoms with Crippen molar-refractivity contribution in [2.24, 2.45) is 5.92 Å². The highest BCUT2D eigenvalue weighted by atomic mass is 35.5. The molecule has 0 radical (unpaired) electrons. The highest BCUT2D eigenvalue weighted by molar-refractivity contribution is 6.31. The summed E-state index contributed by atoms with van der Waals surface area (Å²) in [6.07, 6.45) is 8.43. The second-order valence-corrected chi connectivity index (χ2v) is 7.84. The van der Waals surface area contributed by atoms with Gasteiger partial charge in [-0.15, -0.1) is 0 Å². The first-order valence-corrected chi connectivity index (χ1v) is 10.4. The lowest BCUT2D eigenvalue weighted by Gasteiger charge is -2.27. The fourth-order valence-electron chi connectivity index (χ4n) is 3.67. The van der Waals surface area contributed by atoms with Gasteiger partial charge in [-0.3, -0.25) is 9.78 Å². The summed E-state index contributed by atoms with van der Waals surface area (Å²) in [6, 6.07) is 11.0. The summed E-state index contributed by atoms with van der Waals surface area (Å²) < 4.78 is 6.03. The number of allylic oxidation sites excluding steroid dienone is 2. The molecule has 0 unspecified atom stereocenters. The van der Waals surface area contributed by atoms with E-state index in [0.717, 1.165) is 43.5 Å². The normalized spacial score (nSPS) is 19.1. The number of aromatic nitrogens is 1. The Morgan fingerprint density at radius 1 is 1.28 bits per heavy atom. The van der Waals surface area contributed by atoms with Gasteiger partial charge in [0.1, 0.15) is 11.8 Å². The first-order chi connectivity index (χ1) is 14.0. The predicted octanol–water partition coefficient (Wildman–Crippen LogP) is 5.85. The van der Waals surface area contributed by atoms with Crippen molar-refractivity contribution in [1.29, 1.82) is 5.26 Å². The molecule has 1 aromatic carbocycles. The molecule has 150 valence electrons. The molecule has 0 amide bonds. The Morgan fingerprint density at radius 2 is 2.03 bits per heavy atom. The number of pyridine rings is 1. The van der Waals surface area contributed by atoms with Gasteiger partial charge in [0.2, 0.25) is 0 Å². The fourth-order valence-corrected chi connectivity index (χ4v) is 3.88. The summed E-state index contributed by atoms with van der Waals surface area (Å²) in [6.45, 7) is 3.96. The first-order valence-electron chi connectivity index (χ1n) is 10.1. The number of hydrogen-bond acceptors (Lipinski definition) is 4. The van der Waals surface area contributed by atoms with Crippen molar-refractivity contribution < 1.29 is 9.53 Å². The van der Waals surface area contributed by atoms with Crippen LogP contribution in [0.25, 0.3) is 0 Å². The summed E-state index contributed by atoms with van der Waals surface area (Å²) in [4.78, 5) is 17.1. The van der Waals surface area contributed by atoms with Crippen LogP contribution in [0.15, 0.2) is 42.5 Å². The zero-order valence-corrected chi connectivity index (χ0v) is 17.6. The number of hydrogen-bond donors (Lipinski definition) is 0. The Labute approximate surface area is 177 Å². The lowest BCUT2D eigenvalue weighted by atomic mass is 9.86. The summed E-state index contributed by atoms with van der Waals surface area (Å²) in [5, 5.41) is 9.37. The van der Waals surface area contributed by atoms with E-state index in [1.54, 1.807) is 24.3 Å². The molecule has 1 heterocycles. The minimum absolute atomic E-state index is 0.0277. The molecule has 1 saturated carbocycles. The topological polar surface area (TPSA) is 63.0 Å². The third-order valence-corrected chi connectivity index (χ3v) is 5.63. The molecule has 1 aliphatic rings. The molecule has 29 heavy (non-hydrogen) atoms. The van der Waals surface area contributed by atoms with Crippen LogP contribution in [0, 0.1) is 24.2 Å². The van der Waals surface area contributed by atoms with E-state index in [1.807, 2.05) is 32.1 Å². The van der Waals surface area contributed by atoms with Crippen molar-refractivity contribution in [3.63, 3.8) is 0 Å². The lowest BCUT2D eigenvalue weighted by Crippen LogP contribution is -2.23. The van der Waals surface area contributed by atoms with Crippen molar-refractivity contribution in [2.75, 3.05) is 0 Å². The summed E-state index contributed by atoms with van der Waals surface area (Å²) >= 11 is 6.07. The maximum atomic E-state index is 12.6. The quantitative estimate of drug-likeness (QED) is 0.444. The standard InChI is InChI=1S/C24H25ClN2O2/c1-3-23-21(12-4-16(2)27-23)24(28)13-7-17-5-9-19(10-6-17)29-20-11-8-18(15-26)22(25)14-20/h4,7-8,11-14,17,19H,3,5-6,9-10H2,1-2H3/b13-7+. The highest BCUT2D eigenvalue weighted by Crippen LogP contribution is 2.30. The third-order valence-electron chi connectivity index (χ3n) is 5.32. The van der Waals surface area contributed by atoms with Gasteiger partial charge in [-0.25, -0.2) is 0 Å². The molecule has 0 N–H and O–H groups in total. The second kappa shape index (κ2) is 9.71. The van der Waals surface area contributed by atoms with E-state index in [1.165, 1.54) is 0 Å². The molecule has 1 aromatic heterocycles. The van der Waals surface area contributed by atoms with Crippen LogP contribution in [0.2, 0.25) is 5.02 Å². The van der Waals surface area contributed by atoms with Crippen molar-refractivity contribution in [1.82, 2.24) is 4.98 Å². The fraction of sp³-hybridized carbons (Fsp3) is 0.375. The summed E-state index contributed by atoms with van der Waals surface area (Å²) in [5.41, 5.74) is 2.94. The van der Waals surface area contributed by atoms with E-state index in [9.17, 15) is 4.79 Å². The lowest BCUT2D eigenvalue weighted by molar-refractivity contribution is 0.104. The molecule has 1 fully saturated rings. The van der Waals surface area contributed by atoms with Gasteiger partial charge in [0.15, 0.2) is 5.78 Å². The monoisotopic (exact) mass is 408 g/mol. The van der Waals surface area contributed by atoms with E-state index < -0.39 is 0 Å². The zero-order chi connectivity index (χ0) is 20.8. The first kappa shape index (κ1) is 21.1. The molecule has 5 heteroatoms. The molecule has 0 spiro atoms. The molecule has 4 nitrogen and oxygen atoms in total. The van der Waals surface area contributed by atoms with Crippen molar-refractivity contribution >= 4 is 17.4 Å². The van der Waals surface area contributed by atoms with Crippen LogP contribution in [-0.4, -0.2) is 16.9 Å². The molecular formula is C24H25ClN2O2. The number of halogens is 1. The van der Waals surface area contributed by atoms with Crippen LogP contribution in [0.4, 0.5) is 0 Å². The Bertz CT molecular complexity index is 954. The molecule has 0 atom stereocenters.